The number of furan rings is 1. The van der Waals surface area contributed by atoms with E-state index in [1.54, 1.807) is 13.8 Å². The van der Waals surface area contributed by atoms with Crippen molar-refractivity contribution in [1.29, 1.82) is 0 Å². The zero-order valence-corrected chi connectivity index (χ0v) is 12.5. The molecule has 0 saturated carbocycles. The predicted molar refractivity (Wildman–Crippen MR) is 74.6 cm³/mol. The van der Waals surface area contributed by atoms with Crippen LogP contribution >= 0.6 is 0 Å². The third kappa shape index (κ3) is 4.70. The highest BCUT2D eigenvalue weighted by Gasteiger charge is 2.20. The van der Waals surface area contributed by atoms with Crippen molar-refractivity contribution in [2.24, 2.45) is 0 Å². The van der Waals surface area contributed by atoms with E-state index in [4.69, 9.17) is 9.52 Å². The van der Waals surface area contributed by atoms with E-state index in [0.29, 0.717) is 18.1 Å². The fourth-order valence-electron chi connectivity index (χ4n) is 1.67. The molecule has 0 radical (unpaired) electrons. The highest BCUT2D eigenvalue weighted by molar-refractivity contribution is 5.88. The van der Waals surface area contributed by atoms with Gasteiger partial charge in [0.15, 0.2) is 0 Å². The first kappa shape index (κ1) is 16.2. The number of amides is 1. The second kappa shape index (κ2) is 6.09. The number of aryl methyl sites for hydroxylation is 1. The van der Waals surface area contributed by atoms with E-state index in [2.05, 4.69) is 10.6 Å². The molecule has 0 aromatic carbocycles. The van der Waals surface area contributed by atoms with Gasteiger partial charge in [0, 0.05) is 5.54 Å². The van der Waals surface area contributed by atoms with Crippen molar-refractivity contribution in [3.8, 4) is 0 Å². The Morgan fingerprint density at radius 2 is 2.00 bits per heavy atom. The summed E-state index contributed by atoms with van der Waals surface area (Å²) in [5.74, 6) is -0.272. The molecule has 0 bridgehead atoms. The number of carboxylic acids is 1. The monoisotopic (exact) mass is 282 g/mol. The number of hydrogen-bond donors (Lipinski definition) is 3. The molecule has 0 aliphatic carbocycles. The van der Waals surface area contributed by atoms with E-state index in [1.165, 1.54) is 6.07 Å². The average molecular weight is 282 g/mol. The number of rotatable bonds is 5. The van der Waals surface area contributed by atoms with Gasteiger partial charge >= 0.3 is 5.97 Å². The topological polar surface area (TPSA) is 91.6 Å². The molecule has 1 aromatic rings. The van der Waals surface area contributed by atoms with E-state index < -0.39 is 12.0 Å². The maximum Gasteiger partial charge on any atom is 0.339 e. The maximum atomic E-state index is 11.9. The van der Waals surface area contributed by atoms with Crippen LogP contribution in [0.1, 0.15) is 49.6 Å². The first-order chi connectivity index (χ1) is 9.10. The van der Waals surface area contributed by atoms with E-state index in [9.17, 15) is 9.59 Å². The van der Waals surface area contributed by atoms with Gasteiger partial charge in [-0.15, -0.1) is 0 Å². The molecule has 3 N–H and O–H groups in total. The van der Waals surface area contributed by atoms with Gasteiger partial charge in [-0.1, -0.05) is 0 Å². The first-order valence-electron chi connectivity index (χ1n) is 6.48. The molecule has 6 nitrogen and oxygen atoms in total. The molecule has 0 aliphatic heterocycles. The summed E-state index contributed by atoms with van der Waals surface area (Å²) >= 11 is 0. The summed E-state index contributed by atoms with van der Waals surface area (Å²) in [7, 11) is 0. The molecule has 112 valence electrons. The Morgan fingerprint density at radius 3 is 2.45 bits per heavy atom. The smallest absolute Gasteiger partial charge is 0.339 e. The summed E-state index contributed by atoms with van der Waals surface area (Å²) in [6.07, 6.45) is 0. The normalized spacial score (nSPS) is 13.1. The van der Waals surface area contributed by atoms with Crippen molar-refractivity contribution in [1.82, 2.24) is 10.6 Å². The van der Waals surface area contributed by atoms with Crippen molar-refractivity contribution in [3.05, 3.63) is 23.2 Å². The lowest BCUT2D eigenvalue weighted by Gasteiger charge is -2.23. The summed E-state index contributed by atoms with van der Waals surface area (Å²) in [5, 5.41) is 14.8. The minimum Gasteiger partial charge on any atom is -0.478 e. The van der Waals surface area contributed by atoms with Gasteiger partial charge < -0.3 is 14.8 Å². The maximum absolute atomic E-state index is 11.9. The molecule has 1 aromatic heterocycles. The number of hydrogen-bond acceptors (Lipinski definition) is 4. The summed E-state index contributed by atoms with van der Waals surface area (Å²) in [5.41, 5.74) is -0.140. The van der Waals surface area contributed by atoms with E-state index in [-0.39, 0.29) is 17.0 Å². The van der Waals surface area contributed by atoms with Crippen LogP contribution < -0.4 is 10.6 Å². The fourth-order valence-corrected chi connectivity index (χ4v) is 1.67. The summed E-state index contributed by atoms with van der Waals surface area (Å²) in [6.45, 7) is 9.37. The van der Waals surface area contributed by atoms with E-state index in [1.807, 2.05) is 20.8 Å². The van der Waals surface area contributed by atoms with Gasteiger partial charge in [0.1, 0.15) is 17.1 Å². The Labute approximate surface area is 118 Å². The zero-order valence-electron chi connectivity index (χ0n) is 12.5. The van der Waals surface area contributed by atoms with E-state index in [0.717, 1.165) is 0 Å². The molecular formula is C14H22N2O4. The van der Waals surface area contributed by atoms with Gasteiger partial charge in [0.2, 0.25) is 5.91 Å². The molecule has 1 unspecified atom stereocenters. The number of carbonyl (C=O) groups excluding carboxylic acids is 1. The van der Waals surface area contributed by atoms with Crippen LogP contribution in [0, 0.1) is 6.92 Å². The lowest BCUT2D eigenvalue weighted by Crippen LogP contribution is -2.49. The second-order valence-electron chi connectivity index (χ2n) is 5.83. The molecule has 6 heteroatoms. The van der Waals surface area contributed by atoms with Crippen molar-refractivity contribution in [3.63, 3.8) is 0 Å². The lowest BCUT2D eigenvalue weighted by atomic mass is 10.1. The van der Waals surface area contributed by atoms with Crippen LogP contribution in [-0.2, 0) is 11.3 Å². The third-order valence-corrected chi connectivity index (χ3v) is 2.67. The second-order valence-corrected chi connectivity index (χ2v) is 5.83. The summed E-state index contributed by atoms with van der Waals surface area (Å²) < 4.78 is 5.33. The SMILES string of the molecule is Cc1oc(CNC(C)C(=O)NC(C)(C)C)cc1C(=O)O. The molecule has 1 amide bonds. The molecule has 20 heavy (non-hydrogen) atoms. The van der Waals surface area contributed by atoms with Crippen LogP contribution in [0.15, 0.2) is 10.5 Å². The van der Waals surface area contributed by atoms with Crippen molar-refractivity contribution in [2.75, 3.05) is 0 Å². The molecule has 0 fully saturated rings. The number of carboxylic acid groups (broad SMARTS) is 1. The summed E-state index contributed by atoms with van der Waals surface area (Å²) in [6, 6.07) is 1.08. The van der Waals surface area contributed by atoms with Gasteiger partial charge in [-0.25, -0.2) is 4.79 Å². The lowest BCUT2D eigenvalue weighted by molar-refractivity contribution is -0.124. The van der Waals surface area contributed by atoms with E-state index >= 15 is 0 Å². The Morgan fingerprint density at radius 1 is 1.40 bits per heavy atom. The molecule has 0 saturated heterocycles. The van der Waals surface area contributed by atoms with Crippen LogP contribution in [0.4, 0.5) is 0 Å². The van der Waals surface area contributed by atoms with Crippen LogP contribution in [0.25, 0.3) is 0 Å². The number of carbonyl (C=O) groups is 2. The van der Waals surface area contributed by atoms with Crippen LogP contribution in [0.2, 0.25) is 0 Å². The molecular weight excluding hydrogens is 260 g/mol. The Kier molecular flexibility index (Phi) is 4.94. The van der Waals surface area contributed by atoms with Crippen molar-refractivity contribution >= 4 is 11.9 Å². The van der Waals surface area contributed by atoms with Crippen molar-refractivity contribution in [2.45, 2.75) is 52.7 Å². The molecule has 1 rings (SSSR count). The largest absolute Gasteiger partial charge is 0.478 e. The Hall–Kier alpha value is -1.82. The quantitative estimate of drug-likeness (QED) is 0.764. The van der Waals surface area contributed by atoms with Gasteiger partial charge in [-0.05, 0) is 40.7 Å². The van der Waals surface area contributed by atoms with Gasteiger partial charge in [-0.2, -0.15) is 0 Å². The standard InChI is InChI=1S/C14H22N2O4/c1-8(12(17)16-14(3,4)5)15-7-10-6-11(13(18)19)9(2)20-10/h6,8,15H,7H2,1-5H3,(H,16,17)(H,18,19). The van der Waals surface area contributed by atoms with Crippen LogP contribution in [0.3, 0.4) is 0 Å². The Bertz CT molecular complexity index is 500. The predicted octanol–water partition coefficient (Wildman–Crippen LogP) is 1.68. The molecule has 0 spiro atoms. The minimum absolute atomic E-state index is 0.112. The molecule has 1 heterocycles. The average Bonchev–Trinajstić information content (AvgIpc) is 2.65. The van der Waals surface area contributed by atoms with Crippen LogP contribution in [0.5, 0.6) is 0 Å². The molecule has 1 atom stereocenters. The van der Waals surface area contributed by atoms with Gasteiger partial charge in [0.25, 0.3) is 0 Å². The van der Waals surface area contributed by atoms with Gasteiger partial charge in [-0.3, -0.25) is 10.1 Å². The van der Waals surface area contributed by atoms with Crippen LogP contribution in [-0.4, -0.2) is 28.6 Å². The Balaban J connectivity index is 2.57. The zero-order chi connectivity index (χ0) is 15.5. The molecule has 0 aliphatic rings. The number of nitrogens with one attached hydrogen (secondary N) is 2. The van der Waals surface area contributed by atoms with Crippen molar-refractivity contribution < 1.29 is 19.1 Å². The van der Waals surface area contributed by atoms with Gasteiger partial charge in [0.05, 0.1) is 12.6 Å². The summed E-state index contributed by atoms with van der Waals surface area (Å²) in [4.78, 5) is 22.8. The highest BCUT2D eigenvalue weighted by Crippen LogP contribution is 2.14. The fraction of sp³-hybridized carbons (Fsp3) is 0.571. The number of aromatic carboxylic acids is 1. The minimum atomic E-state index is -1.02. The highest BCUT2D eigenvalue weighted by atomic mass is 16.4. The first-order valence-corrected chi connectivity index (χ1v) is 6.48. The third-order valence-electron chi connectivity index (χ3n) is 2.67.